The highest BCUT2D eigenvalue weighted by Gasteiger charge is 2.17. The summed E-state index contributed by atoms with van der Waals surface area (Å²) in [7, 11) is 1.24. The molecule has 0 unspecified atom stereocenters. The molecule has 22 heavy (non-hydrogen) atoms. The third-order valence-corrected chi connectivity index (χ3v) is 3.49. The molecular formula is C14H14ClN3O4-2. The van der Waals surface area contributed by atoms with E-state index < -0.39 is 18.4 Å². The van der Waals surface area contributed by atoms with Crippen LogP contribution in [-0.2, 0) is 10.7 Å². The molecule has 7 nitrogen and oxygen atoms in total. The molecule has 1 N–H and O–H groups in total. The molecule has 0 radical (unpaired) electrons. The predicted molar refractivity (Wildman–Crippen MR) is 74.7 cm³/mol. The zero-order chi connectivity index (χ0) is 16.3. The van der Waals surface area contributed by atoms with Crippen molar-refractivity contribution in [2.24, 2.45) is 0 Å². The number of aryl methyl sites for hydroxylation is 1. The zero-order valence-corrected chi connectivity index (χ0v) is 12.8. The molecule has 0 saturated carbocycles. The third kappa shape index (κ3) is 3.63. The number of benzene rings is 1. The number of hydrogen-bond donors (Lipinski definition) is 1. The number of esters is 1. The van der Waals surface area contributed by atoms with Gasteiger partial charge in [-0.1, -0.05) is 17.7 Å². The van der Waals surface area contributed by atoms with Crippen LogP contribution in [0.4, 0.5) is 0 Å². The van der Waals surface area contributed by atoms with E-state index in [4.69, 9.17) is 16.3 Å². The first kappa shape index (κ1) is 16.4. The van der Waals surface area contributed by atoms with Gasteiger partial charge in [-0.05, 0) is 31.7 Å². The summed E-state index contributed by atoms with van der Waals surface area (Å²) in [6.07, 6.45) is 2.35. The SMILES string of the molecule is Cc1ccc(OC(=O)CN(C)C([O-])([O-])c2cnc[nH]2)cc1Cl. The second kappa shape index (κ2) is 6.45. The number of hydrogen-bond acceptors (Lipinski definition) is 6. The van der Waals surface area contributed by atoms with E-state index in [9.17, 15) is 15.0 Å². The number of imidazole rings is 1. The maximum atomic E-state index is 12.0. The van der Waals surface area contributed by atoms with Gasteiger partial charge in [-0.25, -0.2) is 4.98 Å². The van der Waals surface area contributed by atoms with Crippen molar-refractivity contribution < 1.29 is 19.7 Å². The van der Waals surface area contributed by atoms with E-state index in [1.807, 2.05) is 6.92 Å². The Bertz CT molecular complexity index is 658. The van der Waals surface area contributed by atoms with Crippen molar-refractivity contribution in [2.45, 2.75) is 12.8 Å². The van der Waals surface area contributed by atoms with Crippen LogP contribution in [0, 0.1) is 6.92 Å². The number of nitrogens with one attached hydrogen (secondary N) is 1. The number of rotatable bonds is 5. The van der Waals surface area contributed by atoms with E-state index in [2.05, 4.69) is 9.97 Å². The lowest BCUT2D eigenvalue weighted by Gasteiger charge is -2.54. The van der Waals surface area contributed by atoms with E-state index >= 15 is 0 Å². The van der Waals surface area contributed by atoms with E-state index in [1.165, 1.54) is 19.4 Å². The van der Waals surface area contributed by atoms with Gasteiger partial charge in [0.05, 0.1) is 12.9 Å². The third-order valence-electron chi connectivity index (χ3n) is 3.08. The molecule has 1 heterocycles. The van der Waals surface area contributed by atoms with Crippen molar-refractivity contribution in [1.29, 1.82) is 0 Å². The number of H-pyrrole nitrogens is 1. The lowest BCUT2D eigenvalue weighted by atomic mass is 10.2. The molecule has 0 spiro atoms. The fourth-order valence-electron chi connectivity index (χ4n) is 1.73. The van der Waals surface area contributed by atoms with E-state index in [-0.39, 0.29) is 11.4 Å². The Kier molecular flexibility index (Phi) is 4.82. The molecular weight excluding hydrogens is 310 g/mol. The summed E-state index contributed by atoms with van der Waals surface area (Å²) in [6, 6.07) is 4.77. The molecule has 0 saturated heterocycles. The number of aromatic nitrogens is 2. The summed E-state index contributed by atoms with van der Waals surface area (Å²) in [5, 5.41) is 24.5. The number of ether oxygens (including phenoxy) is 1. The minimum atomic E-state index is -2.86. The van der Waals surface area contributed by atoms with Crippen LogP contribution in [0.5, 0.6) is 5.75 Å². The van der Waals surface area contributed by atoms with Crippen LogP contribution in [0.15, 0.2) is 30.7 Å². The normalized spacial score (nSPS) is 11.7. The fraction of sp³-hybridized carbons (Fsp3) is 0.286. The topological polar surface area (TPSA) is 104 Å². The minimum absolute atomic E-state index is 0.179. The summed E-state index contributed by atoms with van der Waals surface area (Å²) < 4.78 is 5.06. The Morgan fingerprint density at radius 2 is 2.23 bits per heavy atom. The zero-order valence-electron chi connectivity index (χ0n) is 12.0. The maximum Gasteiger partial charge on any atom is 0.325 e. The van der Waals surface area contributed by atoms with E-state index in [0.717, 1.165) is 16.7 Å². The molecule has 0 fully saturated rings. The van der Waals surface area contributed by atoms with Gasteiger partial charge in [-0.2, -0.15) is 0 Å². The Morgan fingerprint density at radius 3 is 2.82 bits per heavy atom. The molecule has 0 atom stereocenters. The smallest absolute Gasteiger partial charge is 0.325 e. The van der Waals surface area contributed by atoms with Gasteiger partial charge in [0.1, 0.15) is 5.75 Å². The second-order valence-electron chi connectivity index (χ2n) is 4.79. The first-order valence-electron chi connectivity index (χ1n) is 6.38. The van der Waals surface area contributed by atoms with Crippen molar-refractivity contribution in [3.8, 4) is 5.75 Å². The summed E-state index contributed by atoms with van der Waals surface area (Å²) in [4.78, 5) is 18.7. The van der Waals surface area contributed by atoms with Gasteiger partial charge in [0, 0.05) is 16.9 Å². The monoisotopic (exact) mass is 323 g/mol. The minimum Gasteiger partial charge on any atom is -0.847 e. The van der Waals surface area contributed by atoms with Gasteiger partial charge in [0.15, 0.2) is 0 Å². The Balaban J connectivity index is 2.00. The highest BCUT2D eigenvalue weighted by molar-refractivity contribution is 6.31. The van der Waals surface area contributed by atoms with Crippen LogP contribution in [0.25, 0.3) is 0 Å². The Hall–Kier alpha value is -1.93. The molecule has 0 aliphatic carbocycles. The van der Waals surface area contributed by atoms with Crippen molar-refractivity contribution >= 4 is 17.6 Å². The van der Waals surface area contributed by atoms with E-state index in [0.29, 0.717) is 5.02 Å². The first-order valence-corrected chi connectivity index (χ1v) is 6.76. The average Bonchev–Trinajstić information content (AvgIpc) is 2.97. The number of aromatic amines is 1. The highest BCUT2D eigenvalue weighted by atomic mass is 35.5. The summed E-state index contributed by atoms with van der Waals surface area (Å²) in [5.74, 6) is -3.35. The molecule has 0 bridgehead atoms. The number of likely N-dealkylation sites (N-methyl/N-ethyl adjacent to an activating group) is 1. The Labute approximate surface area is 132 Å². The molecule has 0 amide bonds. The molecule has 0 aliphatic rings. The van der Waals surface area contributed by atoms with Crippen LogP contribution in [0.1, 0.15) is 11.3 Å². The fourth-order valence-corrected chi connectivity index (χ4v) is 1.90. The van der Waals surface area contributed by atoms with E-state index in [1.54, 1.807) is 12.1 Å². The average molecular weight is 324 g/mol. The molecule has 1 aromatic heterocycles. The molecule has 0 aliphatic heterocycles. The van der Waals surface area contributed by atoms with Gasteiger partial charge in [-0.15, -0.1) is 5.91 Å². The number of halogens is 1. The van der Waals surface area contributed by atoms with Crippen LogP contribution in [0.2, 0.25) is 5.02 Å². The summed E-state index contributed by atoms with van der Waals surface area (Å²) in [5.41, 5.74) is 0.664. The predicted octanol–water partition coefficient (Wildman–Crippen LogP) is -0.260. The van der Waals surface area contributed by atoms with Crippen molar-refractivity contribution in [3.63, 3.8) is 0 Å². The van der Waals surface area contributed by atoms with Crippen molar-refractivity contribution in [1.82, 2.24) is 14.9 Å². The maximum absolute atomic E-state index is 12.0. The highest BCUT2D eigenvalue weighted by Crippen LogP contribution is 2.22. The van der Waals surface area contributed by atoms with Crippen molar-refractivity contribution in [2.75, 3.05) is 13.6 Å². The lowest BCUT2D eigenvalue weighted by molar-refractivity contribution is -0.770. The van der Waals surface area contributed by atoms with Crippen LogP contribution in [0.3, 0.4) is 0 Å². The second-order valence-corrected chi connectivity index (χ2v) is 5.20. The first-order chi connectivity index (χ1) is 10.3. The van der Waals surface area contributed by atoms with Crippen LogP contribution < -0.4 is 14.9 Å². The standard InChI is InChI=1S/C14H14ClN3O4/c1-9-3-4-10(5-11(9)15)22-13(19)7-18(2)14(20,21)12-6-16-8-17-12/h3-6,8H,7H2,1-2H3,(H,16,17)/q-2. The molecule has 2 aromatic rings. The quantitative estimate of drug-likeness (QED) is 0.462. The number of nitrogens with zero attached hydrogens (tertiary/aromatic N) is 2. The number of carbonyl (C=O) groups is 1. The largest absolute Gasteiger partial charge is 0.847 e. The summed E-state index contributed by atoms with van der Waals surface area (Å²) >= 11 is 5.93. The molecule has 2 rings (SSSR count). The lowest BCUT2D eigenvalue weighted by Crippen LogP contribution is -2.65. The molecule has 118 valence electrons. The van der Waals surface area contributed by atoms with Crippen molar-refractivity contribution in [3.05, 3.63) is 47.0 Å². The van der Waals surface area contributed by atoms with Gasteiger partial charge < -0.3 is 24.8 Å². The van der Waals surface area contributed by atoms with Gasteiger partial charge in [0.2, 0.25) is 0 Å². The van der Waals surface area contributed by atoms with Crippen LogP contribution >= 0.6 is 11.6 Å². The van der Waals surface area contributed by atoms with Gasteiger partial charge >= 0.3 is 5.97 Å². The van der Waals surface area contributed by atoms with Crippen LogP contribution in [-0.4, -0.2) is 34.4 Å². The van der Waals surface area contributed by atoms with Gasteiger partial charge in [-0.3, -0.25) is 4.79 Å². The Morgan fingerprint density at radius 1 is 1.50 bits per heavy atom. The summed E-state index contributed by atoms with van der Waals surface area (Å²) in [6.45, 7) is 1.34. The molecule has 1 aromatic carbocycles. The number of carbonyl (C=O) groups excluding carboxylic acids is 1. The molecule has 8 heteroatoms. The van der Waals surface area contributed by atoms with Gasteiger partial charge in [0.25, 0.3) is 0 Å².